The van der Waals surface area contributed by atoms with Gasteiger partial charge in [-0.05, 0) is 19.9 Å². The van der Waals surface area contributed by atoms with Crippen molar-refractivity contribution in [1.29, 1.82) is 0 Å². The molecule has 0 saturated heterocycles. The van der Waals surface area contributed by atoms with Crippen LogP contribution in [0.4, 0.5) is 5.69 Å². The zero-order valence-electron chi connectivity index (χ0n) is 12.2. The third-order valence-electron chi connectivity index (χ3n) is 2.81. The van der Waals surface area contributed by atoms with Crippen LogP contribution in [0.25, 0.3) is 0 Å². The Morgan fingerprint density at radius 2 is 1.78 bits per heavy atom. The van der Waals surface area contributed by atoms with Crippen LogP contribution in [0, 0.1) is 10.1 Å². The molecule has 126 valence electrons. The van der Waals surface area contributed by atoms with Crippen molar-refractivity contribution in [3.63, 3.8) is 0 Å². The maximum Gasteiger partial charge on any atom is 0.325 e. The van der Waals surface area contributed by atoms with Gasteiger partial charge in [-0.3, -0.25) is 19.7 Å². The number of nitro groups is 1. The standard InChI is InChI=1S/C12H15N3O7S/c1-7(11(16)13-8(2)12(17)18)14-23(21,22)10-6-4-3-5-9(10)15(19)20/h3-8,14H,1-2H3,(H,13,16)(H,17,18)/t7-,8-/m0/s1. The van der Waals surface area contributed by atoms with Crippen molar-refractivity contribution >= 4 is 27.6 Å². The first-order valence-corrected chi connectivity index (χ1v) is 7.83. The van der Waals surface area contributed by atoms with Gasteiger partial charge in [0, 0.05) is 6.07 Å². The number of benzene rings is 1. The number of aliphatic carboxylic acids is 1. The zero-order chi connectivity index (χ0) is 17.8. The fraction of sp³-hybridized carbons (Fsp3) is 0.333. The van der Waals surface area contributed by atoms with Crippen molar-refractivity contribution in [2.24, 2.45) is 0 Å². The summed E-state index contributed by atoms with van der Waals surface area (Å²) < 4.78 is 26.3. The minimum atomic E-state index is -4.34. The number of carbonyl (C=O) groups is 2. The third-order valence-corrected chi connectivity index (χ3v) is 4.39. The summed E-state index contributed by atoms with van der Waals surface area (Å²) in [6.45, 7) is 2.40. The van der Waals surface area contributed by atoms with E-state index in [-0.39, 0.29) is 0 Å². The first-order chi connectivity index (χ1) is 10.6. The molecular formula is C12H15N3O7S. The maximum atomic E-state index is 12.2. The Morgan fingerprint density at radius 1 is 1.22 bits per heavy atom. The monoisotopic (exact) mass is 345 g/mol. The molecule has 0 saturated carbocycles. The summed E-state index contributed by atoms with van der Waals surface area (Å²) in [7, 11) is -4.34. The van der Waals surface area contributed by atoms with Gasteiger partial charge in [0.05, 0.1) is 11.0 Å². The summed E-state index contributed by atoms with van der Waals surface area (Å²) in [5.41, 5.74) is -0.633. The maximum absolute atomic E-state index is 12.2. The highest BCUT2D eigenvalue weighted by Crippen LogP contribution is 2.22. The predicted molar refractivity (Wildman–Crippen MR) is 78.1 cm³/mol. The fourth-order valence-electron chi connectivity index (χ4n) is 1.59. The number of nitro benzene ring substituents is 1. The number of sulfonamides is 1. The first kappa shape index (κ1) is 18.5. The number of para-hydroxylation sites is 1. The highest BCUT2D eigenvalue weighted by atomic mass is 32.2. The van der Waals surface area contributed by atoms with E-state index in [2.05, 4.69) is 5.32 Å². The first-order valence-electron chi connectivity index (χ1n) is 6.35. The number of amides is 1. The third kappa shape index (κ3) is 4.72. The SMILES string of the molecule is C[C@H](NC(=O)[C@H](C)NS(=O)(=O)c1ccccc1[N+](=O)[O-])C(=O)O. The molecule has 0 aliphatic rings. The van der Waals surface area contributed by atoms with Crippen molar-refractivity contribution in [3.8, 4) is 0 Å². The van der Waals surface area contributed by atoms with Crippen molar-refractivity contribution in [1.82, 2.24) is 10.0 Å². The second-order valence-corrected chi connectivity index (χ2v) is 6.32. The normalized spacial score (nSPS) is 13.8. The lowest BCUT2D eigenvalue weighted by Crippen LogP contribution is -2.49. The predicted octanol–water partition coefficient (Wildman–Crippen LogP) is -0.149. The van der Waals surface area contributed by atoms with E-state index in [1.165, 1.54) is 26.0 Å². The van der Waals surface area contributed by atoms with Crippen LogP contribution in [0.1, 0.15) is 13.8 Å². The molecule has 0 bridgehead atoms. The van der Waals surface area contributed by atoms with Gasteiger partial charge in [0.25, 0.3) is 5.69 Å². The van der Waals surface area contributed by atoms with E-state index < -0.39 is 49.5 Å². The average molecular weight is 345 g/mol. The van der Waals surface area contributed by atoms with Crippen molar-refractivity contribution < 1.29 is 28.0 Å². The molecule has 1 amide bonds. The summed E-state index contributed by atoms with van der Waals surface area (Å²) in [5, 5.41) is 21.7. The van der Waals surface area contributed by atoms with Gasteiger partial charge in [-0.1, -0.05) is 12.1 Å². The minimum absolute atomic E-state index is 0.587. The highest BCUT2D eigenvalue weighted by molar-refractivity contribution is 7.89. The molecule has 0 fully saturated rings. The van der Waals surface area contributed by atoms with Gasteiger partial charge in [-0.15, -0.1) is 0 Å². The van der Waals surface area contributed by atoms with Crippen LogP contribution in [-0.4, -0.2) is 42.4 Å². The van der Waals surface area contributed by atoms with Crippen LogP contribution in [0.5, 0.6) is 0 Å². The van der Waals surface area contributed by atoms with E-state index in [0.717, 1.165) is 12.1 Å². The number of rotatable bonds is 7. The molecule has 11 heteroatoms. The molecule has 23 heavy (non-hydrogen) atoms. The number of hydrogen-bond donors (Lipinski definition) is 3. The Bertz CT molecular complexity index is 732. The zero-order valence-corrected chi connectivity index (χ0v) is 13.0. The lowest BCUT2D eigenvalue weighted by Gasteiger charge is -2.16. The van der Waals surface area contributed by atoms with Crippen molar-refractivity contribution in [3.05, 3.63) is 34.4 Å². The van der Waals surface area contributed by atoms with Crippen LogP contribution in [0.3, 0.4) is 0 Å². The van der Waals surface area contributed by atoms with E-state index in [9.17, 15) is 28.1 Å². The van der Waals surface area contributed by atoms with Gasteiger partial charge >= 0.3 is 5.97 Å². The molecule has 10 nitrogen and oxygen atoms in total. The molecule has 0 aromatic heterocycles. The molecule has 0 radical (unpaired) electrons. The summed E-state index contributed by atoms with van der Waals surface area (Å²) in [6, 6.07) is 2.14. The van der Waals surface area contributed by atoms with Crippen LogP contribution >= 0.6 is 0 Å². The Labute approximate surface area is 131 Å². The van der Waals surface area contributed by atoms with Gasteiger partial charge in [-0.2, -0.15) is 4.72 Å². The Balaban J connectivity index is 2.97. The molecule has 0 aliphatic carbocycles. The second kappa shape index (κ2) is 7.15. The van der Waals surface area contributed by atoms with Crippen LogP contribution in [0.15, 0.2) is 29.2 Å². The van der Waals surface area contributed by atoms with Crippen molar-refractivity contribution in [2.75, 3.05) is 0 Å². The molecule has 3 N–H and O–H groups in total. The van der Waals surface area contributed by atoms with Gasteiger partial charge in [0.2, 0.25) is 15.9 Å². The molecule has 1 rings (SSSR count). The molecule has 0 unspecified atom stereocenters. The Hall–Kier alpha value is -2.53. The molecular weight excluding hydrogens is 330 g/mol. The summed E-state index contributed by atoms with van der Waals surface area (Å²) in [6.07, 6.45) is 0. The second-order valence-electron chi connectivity index (χ2n) is 4.64. The number of carbonyl (C=O) groups excluding carboxylic acids is 1. The number of nitrogens with zero attached hydrogens (tertiary/aromatic N) is 1. The number of nitrogens with one attached hydrogen (secondary N) is 2. The van der Waals surface area contributed by atoms with Gasteiger partial charge < -0.3 is 10.4 Å². The lowest BCUT2D eigenvalue weighted by molar-refractivity contribution is -0.387. The van der Waals surface area contributed by atoms with Gasteiger partial charge in [-0.25, -0.2) is 8.42 Å². The highest BCUT2D eigenvalue weighted by Gasteiger charge is 2.29. The largest absolute Gasteiger partial charge is 0.480 e. The van der Waals surface area contributed by atoms with Crippen LogP contribution in [-0.2, 0) is 19.6 Å². The Morgan fingerprint density at radius 3 is 2.30 bits per heavy atom. The molecule has 2 atom stereocenters. The minimum Gasteiger partial charge on any atom is -0.480 e. The molecule has 1 aromatic carbocycles. The van der Waals surface area contributed by atoms with E-state index >= 15 is 0 Å². The molecule has 1 aromatic rings. The molecule has 0 heterocycles. The fourth-order valence-corrected chi connectivity index (χ4v) is 2.96. The van der Waals surface area contributed by atoms with E-state index in [0.29, 0.717) is 0 Å². The summed E-state index contributed by atoms with van der Waals surface area (Å²) >= 11 is 0. The topological polar surface area (TPSA) is 156 Å². The van der Waals surface area contributed by atoms with E-state index in [1.54, 1.807) is 0 Å². The molecule has 0 spiro atoms. The number of carboxylic acids is 1. The number of carboxylic acid groups (broad SMARTS) is 1. The summed E-state index contributed by atoms with van der Waals surface area (Å²) in [4.78, 5) is 31.8. The van der Waals surface area contributed by atoms with Crippen LogP contribution < -0.4 is 10.0 Å². The molecule has 0 aliphatic heterocycles. The van der Waals surface area contributed by atoms with Gasteiger partial charge in [0.1, 0.15) is 6.04 Å². The smallest absolute Gasteiger partial charge is 0.325 e. The average Bonchev–Trinajstić information content (AvgIpc) is 2.46. The van der Waals surface area contributed by atoms with Gasteiger partial charge in [0.15, 0.2) is 4.90 Å². The van der Waals surface area contributed by atoms with Crippen LogP contribution in [0.2, 0.25) is 0 Å². The van der Waals surface area contributed by atoms with Crippen molar-refractivity contribution in [2.45, 2.75) is 30.8 Å². The Kier molecular flexibility index (Phi) is 5.76. The van der Waals surface area contributed by atoms with E-state index in [4.69, 9.17) is 5.11 Å². The summed E-state index contributed by atoms with van der Waals surface area (Å²) in [5.74, 6) is -2.16. The number of hydrogen-bond acceptors (Lipinski definition) is 6. The lowest BCUT2D eigenvalue weighted by atomic mass is 10.3. The quantitative estimate of drug-likeness (QED) is 0.458. The van der Waals surface area contributed by atoms with E-state index in [1.807, 2.05) is 4.72 Å².